The predicted molar refractivity (Wildman–Crippen MR) is 26.4 cm³/mol. The van der Waals surface area contributed by atoms with Crippen LogP contribution in [0.5, 0.6) is 0 Å². The largest absolute Gasteiger partial charge is 0.265 e. The van der Waals surface area contributed by atoms with Gasteiger partial charge < -0.3 is 0 Å². The third-order valence-corrected chi connectivity index (χ3v) is 0.670. The lowest BCUT2D eigenvalue weighted by Gasteiger charge is -1.81. The van der Waals surface area contributed by atoms with Gasteiger partial charge in [-0.25, -0.2) is 4.99 Å². The first-order valence-electron chi connectivity index (χ1n) is 1.94. The van der Waals surface area contributed by atoms with Gasteiger partial charge in [0.1, 0.15) is 6.34 Å². The van der Waals surface area contributed by atoms with Crippen molar-refractivity contribution in [1.29, 1.82) is 0 Å². The van der Waals surface area contributed by atoms with Gasteiger partial charge in [0.2, 0.25) is 0 Å². The Morgan fingerprint density at radius 3 is 2.67 bits per heavy atom. The fourth-order valence-electron chi connectivity index (χ4n) is 0.345. The Bertz CT molecular complexity index is 81.7. The maximum absolute atomic E-state index is 3.89. The van der Waals surface area contributed by atoms with E-state index in [2.05, 4.69) is 9.98 Å². The van der Waals surface area contributed by atoms with Gasteiger partial charge in [-0.1, -0.05) is 0 Å². The van der Waals surface area contributed by atoms with Crippen molar-refractivity contribution < 1.29 is 0 Å². The molecule has 1 aliphatic rings. The van der Waals surface area contributed by atoms with Gasteiger partial charge in [0, 0.05) is 6.21 Å². The highest BCUT2D eigenvalue weighted by Crippen LogP contribution is 1.87. The van der Waals surface area contributed by atoms with E-state index in [-0.39, 0.29) is 0 Å². The normalized spacial score (nSPS) is 29.2. The van der Waals surface area contributed by atoms with Crippen molar-refractivity contribution in [2.75, 3.05) is 0 Å². The summed E-state index contributed by atoms with van der Waals surface area (Å²) in [5.74, 6) is 0. The molecule has 2 nitrogen and oxygen atoms in total. The Morgan fingerprint density at radius 2 is 2.50 bits per heavy atom. The molecule has 2 heteroatoms. The van der Waals surface area contributed by atoms with Gasteiger partial charge in [-0.3, -0.25) is 4.99 Å². The highest BCUT2D eigenvalue weighted by atomic mass is 14.9. The molecule has 1 atom stereocenters. The quantitative estimate of drug-likeness (QED) is 0.406. The molecule has 0 radical (unpaired) electrons. The summed E-state index contributed by atoms with van der Waals surface area (Å²) < 4.78 is 0. The van der Waals surface area contributed by atoms with Crippen molar-refractivity contribution in [1.82, 2.24) is 0 Å². The van der Waals surface area contributed by atoms with Crippen LogP contribution in [0.15, 0.2) is 9.98 Å². The number of aliphatic imine (C=N–C) groups is 2. The molecule has 0 aliphatic carbocycles. The van der Waals surface area contributed by atoms with E-state index in [0.717, 1.165) is 0 Å². The number of hydrogen-bond acceptors (Lipinski definition) is 2. The van der Waals surface area contributed by atoms with Gasteiger partial charge in [0.25, 0.3) is 0 Å². The van der Waals surface area contributed by atoms with Crippen LogP contribution in [0.1, 0.15) is 6.92 Å². The highest BCUT2D eigenvalue weighted by molar-refractivity contribution is 5.81. The van der Waals surface area contributed by atoms with Crippen LogP contribution in [0, 0.1) is 0 Å². The molecule has 0 aromatic carbocycles. The Hall–Kier alpha value is -0.660. The van der Waals surface area contributed by atoms with Crippen LogP contribution in [0.3, 0.4) is 0 Å². The van der Waals surface area contributed by atoms with Crippen molar-refractivity contribution in [2.45, 2.75) is 13.0 Å². The molecule has 0 amide bonds. The summed E-state index contributed by atoms with van der Waals surface area (Å²) >= 11 is 0. The third-order valence-electron chi connectivity index (χ3n) is 0.670. The van der Waals surface area contributed by atoms with Crippen molar-refractivity contribution in [3.63, 3.8) is 0 Å². The third kappa shape index (κ3) is 0.455. The van der Waals surface area contributed by atoms with E-state index in [4.69, 9.17) is 0 Å². The van der Waals surface area contributed by atoms with E-state index in [1.54, 1.807) is 12.6 Å². The lowest BCUT2D eigenvalue weighted by molar-refractivity contribution is 1.02. The number of nitrogens with zero attached hydrogens (tertiary/aromatic N) is 2. The zero-order valence-electron chi connectivity index (χ0n) is 3.63. The van der Waals surface area contributed by atoms with Crippen LogP contribution in [0.25, 0.3) is 0 Å². The van der Waals surface area contributed by atoms with E-state index in [0.29, 0.717) is 6.04 Å². The minimum Gasteiger partial charge on any atom is -0.265 e. The lowest BCUT2D eigenvalue weighted by atomic mass is 10.4. The van der Waals surface area contributed by atoms with Crippen LogP contribution in [0.4, 0.5) is 0 Å². The SMILES string of the molecule is C[C@H]1C=NC=N1. The summed E-state index contributed by atoms with van der Waals surface area (Å²) in [4.78, 5) is 7.64. The monoisotopic (exact) mass is 82.1 g/mol. The predicted octanol–water partition coefficient (Wildman–Crippen LogP) is 0.488. The molecule has 0 unspecified atom stereocenters. The van der Waals surface area contributed by atoms with Gasteiger partial charge in [-0.2, -0.15) is 0 Å². The molecule has 0 saturated carbocycles. The van der Waals surface area contributed by atoms with E-state index in [9.17, 15) is 0 Å². The Balaban J connectivity index is 2.60. The van der Waals surface area contributed by atoms with E-state index in [1.165, 1.54) is 0 Å². The van der Waals surface area contributed by atoms with Crippen LogP contribution >= 0.6 is 0 Å². The Morgan fingerprint density at radius 1 is 1.67 bits per heavy atom. The molecule has 6 heavy (non-hydrogen) atoms. The van der Waals surface area contributed by atoms with E-state index in [1.807, 2.05) is 6.92 Å². The van der Waals surface area contributed by atoms with Crippen molar-refractivity contribution in [3.05, 3.63) is 0 Å². The highest BCUT2D eigenvalue weighted by Gasteiger charge is 1.92. The molecule has 0 fully saturated rings. The minimum atomic E-state index is 0.324. The lowest BCUT2D eigenvalue weighted by Crippen LogP contribution is -1.90. The van der Waals surface area contributed by atoms with Gasteiger partial charge in [0.05, 0.1) is 6.04 Å². The van der Waals surface area contributed by atoms with Crippen LogP contribution in [-0.4, -0.2) is 18.6 Å². The van der Waals surface area contributed by atoms with E-state index >= 15 is 0 Å². The average molecular weight is 82.1 g/mol. The van der Waals surface area contributed by atoms with Gasteiger partial charge >= 0.3 is 0 Å². The van der Waals surface area contributed by atoms with Crippen LogP contribution < -0.4 is 0 Å². The molecule has 1 rings (SSSR count). The molecule has 0 aromatic heterocycles. The van der Waals surface area contributed by atoms with Crippen molar-refractivity contribution in [3.8, 4) is 0 Å². The summed E-state index contributed by atoms with van der Waals surface area (Å²) in [6.07, 6.45) is 3.38. The van der Waals surface area contributed by atoms with Crippen LogP contribution in [-0.2, 0) is 0 Å². The first-order valence-corrected chi connectivity index (χ1v) is 1.94. The van der Waals surface area contributed by atoms with E-state index < -0.39 is 0 Å². The molecule has 0 bridgehead atoms. The summed E-state index contributed by atoms with van der Waals surface area (Å²) in [5.41, 5.74) is 0. The molecule has 1 heterocycles. The topological polar surface area (TPSA) is 24.7 Å². The molecule has 0 N–H and O–H groups in total. The van der Waals surface area contributed by atoms with Crippen LogP contribution in [0.2, 0.25) is 0 Å². The maximum atomic E-state index is 3.89. The number of rotatable bonds is 0. The smallest absolute Gasteiger partial charge is 0.110 e. The van der Waals surface area contributed by atoms with Crippen molar-refractivity contribution >= 4 is 12.6 Å². The molecule has 0 spiro atoms. The Kier molecular flexibility index (Phi) is 0.708. The maximum Gasteiger partial charge on any atom is 0.110 e. The van der Waals surface area contributed by atoms with Gasteiger partial charge in [-0.15, -0.1) is 0 Å². The summed E-state index contributed by atoms with van der Waals surface area (Å²) in [5, 5.41) is 0. The molecule has 1 aliphatic heterocycles. The Labute approximate surface area is 36.6 Å². The summed E-state index contributed by atoms with van der Waals surface area (Å²) in [7, 11) is 0. The molecule has 32 valence electrons. The summed E-state index contributed by atoms with van der Waals surface area (Å²) in [6, 6.07) is 0.324. The second kappa shape index (κ2) is 1.20. The molecular formula is C4H6N2. The molecule has 0 aromatic rings. The first-order chi connectivity index (χ1) is 2.89. The second-order valence-corrected chi connectivity index (χ2v) is 1.30. The number of hydrogen-bond donors (Lipinski definition) is 0. The van der Waals surface area contributed by atoms with Gasteiger partial charge in [0.15, 0.2) is 0 Å². The first kappa shape index (κ1) is 3.53. The fraction of sp³-hybridized carbons (Fsp3) is 0.500. The molecule has 0 saturated heterocycles. The second-order valence-electron chi connectivity index (χ2n) is 1.30. The fourth-order valence-corrected chi connectivity index (χ4v) is 0.345. The zero-order valence-corrected chi connectivity index (χ0v) is 3.63. The summed E-state index contributed by atoms with van der Waals surface area (Å²) in [6.45, 7) is 1.99. The minimum absolute atomic E-state index is 0.324. The molecular weight excluding hydrogens is 76.1 g/mol. The average Bonchev–Trinajstić information content (AvgIpc) is 1.86. The van der Waals surface area contributed by atoms with Gasteiger partial charge in [-0.05, 0) is 6.92 Å². The zero-order chi connectivity index (χ0) is 4.41. The van der Waals surface area contributed by atoms with Crippen molar-refractivity contribution in [2.24, 2.45) is 9.98 Å². The standard InChI is InChI=1S/C4H6N2/c1-4-2-5-3-6-4/h2-4H,1H3/t4-/m0/s1.